The predicted molar refractivity (Wildman–Crippen MR) is 84.8 cm³/mol. The molecule has 1 heterocycles. The molecule has 0 fully saturated rings. The normalized spacial score (nSPS) is 12.2. The van der Waals surface area contributed by atoms with Crippen LogP contribution in [0.15, 0.2) is 6.20 Å². The number of aromatic nitrogens is 1. The van der Waals surface area contributed by atoms with Crippen molar-refractivity contribution in [2.75, 3.05) is 19.8 Å². The fourth-order valence-electron chi connectivity index (χ4n) is 1.52. The highest BCUT2D eigenvalue weighted by Crippen LogP contribution is 2.19. The summed E-state index contributed by atoms with van der Waals surface area (Å²) in [5.74, 6) is 0. The maximum Gasteiger partial charge on any atom is 0.166 e. The molecule has 1 aromatic rings. The monoisotopic (exact) mass is 301 g/mol. The number of hydrogen-bond acceptors (Lipinski definition) is 4. The lowest BCUT2D eigenvalue weighted by Crippen LogP contribution is -2.37. The van der Waals surface area contributed by atoms with E-state index in [1.54, 1.807) is 11.3 Å². The third-order valence-corrected chi connectivity index (χ3v) is 4.18. The van der Waals surface area contributed by atoms with Crippen LogP contribution in [-0.4, -0.2) is 29.9 Å². The van der Waals surface area contributed by atoms with E-state index in [4.69, 9.17) is 17.0 Å². The smallest absolute Gasteiger partial charge is 0.166 e. The minimum absolute atomic E-state index is 0.150. The van der Waals surface area contributed by atoms with Crippen LogP contribution in [0.4, 0.5) is 0 Å². The van der Waals surface area contributed by atoms with E-state index in [0.717, 1.165) is 37.6 Å². The lowest BCUT2D eigenvalue weighted by atomic mass is 10.3. The number of thiazole rings is 1. The molecule has 0 spiro atoms. The summed E-state index contributed by atoms with van der Waals surface area (Å²) in [5.41, 5.74) is 0. The molecule has 4 nitrogen and oxygen atoms in total. The zero-order chi connectivity index (χ0) is 14.1. The van der Waals surface area contributed by atoms with Crippen molar-refractivity contribution < 1.29 is 4.74 Å². The number of rotatable bonds is 8. The standard InChI is InChI=1S/C13H23N3OS2/c1-4-11-9-15-12(19-11)10(3)16-13(18)14-7-6-8-17-5-2/h9-10H,4-8H2,1-3H3,(H2,14,16,18). The predicted octanol–water partition coefficient (Wildman–Crippen LogP) is 2.66. The van der Waals surface area contributed by atoms with Crippen molar-refractivity contribution in [2.45, 2.75) is 39.7 Å². The summed E-state index contributed by atoms with van der Waals surface area (Å²) < 4.78 is 5.27. The zero-order valence-corrected chi connectivity index (χ0v) is 13.5. The summed E-state index contributed by atoms with van der Waals surface area (Å²) in [6.45, 7) is 8.58. The molecule has 0 saturated heterocycles. The van der Waals surface area contributed by atoms with Crippen molar-refractivity contribution in [1.82, 2.24) is 15.6 Å². The second-order valence-corrected chi connectivity index (χ2v) is 5.75. The molecular formula is C13H23N3OS2. The Morgan fingerprint density at radius 1 is 1.53 bits per heavy atom. The van der Waals surface area contributed by atoms with Gasteiger partial charge in [0.05, 0.1) is 6.04 Å². The summed E-state index contributed by atoms with van der Waals surface area (Å²) in [5, 5.41) is 8.19. The molecule has 6 heteroatoms. The van der Waals surface area contributed by atoms with Gasteiger partial charge in [0.1, 0.15) is 5.01 Å². The Kier molecular flexibility index (Phi) is 7.93. The van der Waals surface area contributed by atoms with E-state index in [2.05, 4.69) is 29.5 Å². The first-order valence-corrected chi connectivity index (χ1v) is 7.96. The first-order valence-electron chi connectivity index (χ1n) is 6.74. The van der Waals surface area contributed by atoms with Gasteiger partial charge in [-0.25, -0.2) is 4.98 Å². The Labute approximate surface area is 125 Å². The molecule has 1 rings (SSSR count). The van der Waals surface area contributed by atoms with Gasteiger partial charge in [0, 0.05) is 30.8 Å². The van der Waals surface area contributed by atoms with Crippen LogP contribution >= 0.6 is 23.6 Å². The van der Waals surface area contributed by atoms with Gasteiger partial charge >= 0.3 is 0 Å². The Balaban J connectivity index is 2.23. The number of hydrogen-bond donors (Lipinski definition) is 2. The van der Waals surface area contributed by atoms with E-state index in [-0.39, 0.29) is 6.04 Å². The van der Waals surface area contributed by atoms with Crippen LogP contribution in [0.5, 0.6) is 0 Å². The molecule has 0 aliphatic heterocycles. The molecule has 0 bridgehead atoms. The molecule has 1 atom stereocenters. The minimum atomic E-state index is 0.150. The Bertz CT molecular complexity index is 382. The van der Waals surface area contributed by atoms with Crippen molar-refractivity contribution >= 4 is 28.7 Å². The molecule has 1 unspecified atom stereocenters. The average Bonchev–Trinajstić information content (AvgIpc) is 2.87. The number of aryl methyl sites for hydroxylation is 1. The van der Waals surface area contributed by atoms with Crippen LogP contribution in [0, 0.1) is 0 Å². The van der Waals surface area contributed by atoms with E-state index in [1.165, 1.54) is 4.88 Å². The molecule has 108 valence electrons. The van der Waals surface area contributed by atoms with E-state index in [0.29, 0.717) is 5.11 Å². The van der Waals surface area contributed by atoms with Gasteiger partial charge in [-0.05, 0) is 38.9 Å². The van der Waals surface area contributed by atoms with Crippen LogP contribution < -0.4 is 10.6 Å². The Hall–Kier alpha value is -0.720. The number of thiocarbonyl (C=S) groups is 1. The molecule has 1 aromatic heterocycles. The number of nitrogens with zero attached hydrogens (tertiary/aromatic N) is 1. The topological polar surface area (TPSA) is 46.2 Å². The van der Waals surface area contributed by atoms with Gasteiger partial charge < -0.3 is 15.4 Å². The number of nitrogens with one attached hydrogen (secondary N) is 2. The molecule has 0 aromatic carbocycles. The molecule has 0 aliphatic carbocycles. The third-order valence-electron chi connectivity index (χ3n) is 2.59. The van der Waals surface area contributed by atoms with Gasteiger partial charge in [-0.3, -0.25) is 0 Å². The quantitative estimate of drug-likeness (QED) is 0.571. The molecule has 0 saturated carbocycles. The highest BCUT2D eigenvalue weighted by atomic mass is 32.1. The molecular weight excluding hydrogens is 278 g/mol. The van der Waals surface area contributed by atoms with Crippen LogP contribution in [0.3, 0.4) is 0 Å². The second-order valence-electron chi connectivity index (χ2n) is 4.19. The van der Waals surface area contributed by atoms with Gasteiger partial charge in [0.2, 0.25) is 0 Å². The van der Waals surface area contributed by atoms with Gasteiger partial charge in [-0.1, -0.05) is 6.92 Å². The first kappa shape index (κ1) is 16.3. The van der Waals surface area contributed by atoms with Crippen LogP contribution in [0.1, 0.15) is 43.1 Å². The first-order chi connectivity index (χ1) is 9.17. The molecule has 2 N–H and O–H groups in total. The summed E-state index contributed by atoms with van der Waals surface area (Å²) in [4.78, 5) is 5.71. The van der Waals surface area contributed by atoms with Crippen molar-refractivity contribution in [3.63, 3.8) is 0 Å². The van der Waals surface area contributed by atoms with E-state index in [1.807, 2.05) is 13.1 Å². The van der Waals surface area contributed by atoms with E-state index >= 15 is 0 Å². The number of ether oxygens (including phenoxy) is 1. The fourth-order valence-corrected chi connectivity index (χ4v) is 2.65. The highest BCUT2D eigenvalue weighted by molar-refractivity contribution is 7.80. The lowest BCUT2D eigenvalue weighted by molar-refractivity contribution is 0.145. The van der Waals surface area contributed by atoms with Crippen LogP contribution in [0.25, 0.3) is 0 Å². The molecule has 0 aliphatic rings. The van der Waals surface area contributed by atoms with Crippen molar-refractivity contribution in [1.29, 1.82) is 0 Å². The maximum absolute atomic E-state index is 5.27. The Morgan fingerprint density at radius 2 is 2.32 bits per heavy atom. The fraction of sp³-hybridized carbons (Fsp3) is 0.692. The summed E-state index contributed by atoms with van der Waals surface area (Å²) in [7, 11) is 0. The van der Waals surface area contributed by atoms with Gasteiger partial charge in [-0.15, -0.1) is 11.3 Å². The average molecular weight is 301 g/mol. The van der Waals surface area contributed by atoms with Gasteiger partial charge in [0.15, 0.2) is 5.11 Å². The maximum atomic E-state index is 5.27. The van der Waals surface area contributed by atoms with E-state index in [9.17, 15) is 0 Å². The Morgan fingerprint density at radius 3 is 2.95 bits per heavy atom. The zero-order valence-electron chi connectivity index (χ0n) is 11.9. The van der Waals surface area contributed by atoms with Crippen molar-refractivity contribution in [3.8, 4) is 0 Å². The lowest BCUT2D eigenvalue weighted by Gasteiger charge is -2.15. The minimum Gasteiger partial charge on any atom is -0.382 e. The SMILES string of the molecule is CCOCCCNC(=S)NC(C)c1ncc(CC)s1. The van der Waals surface area contributed by atoms with Crippen molar-refractivity contribution in [2.24, 2.45) is 0 Å². The second kappa shape index (κ2) is 9.23. The van der Waals surface area contributed by atoms with Crippen LogP contribution in [0.2, 0.25) is 0 Å². The summed E-state index contributed by atoms with van der Waals surface area (Å²) in [6, 6.07) is 0.150. The summed E-state index contributed by atoms with van der Waals surface area (Å²) in [6.07, 6.45) is 3.93. The molecule has 19 heavy (non-hydrogen) atoms. The summed E-state index contributed by atoms with van der Waals surface area (Å²) >= 11 is 6.99. The highest BCUT2D eigenvalue weighted by Gasteiger charge is 2.10. The third kappa shape index (κ3) is 6.31. The molecule has 0 radical (unpaired) electrons. The van der Waals surface area contributed by atoms with E-state index < -0.39 is 0 Å². The van der Waals surface area contributed by atoms with Gasteiger partial charge in [0.25, 0.3) is 0 Å². The van der Waals surface area contributed by atoms with Crippen molar-refractivity contribution in [3.05, 3.63) is 16.1 Å². The van der Waals surface area contributed by atoms with Gasteiger partial charge in [-0.2, -0.15) is 0 Å². The molecule has 0 amide bonds. The van der Waals surface area contributed by atoms with Crippen LogP contribution in [-0.2, 0) is 11.2 Å². The largest absolute Gasteiger partial charge is 0.382 e.